The van der Waals surface area contributed by atoms with Crippen LogP contribution in [-0.4, -0.2) is 81.8 Å². The van der Waals surface area contributed by atoms with E-state index in [0.29, 0.717) is 32.4 Å². The first-order valence-corrected chi connectivity index (χ1v) is 12.7. The maximum atomic E-state index is 14.2. The van der Waals surface area contributed by atoms with E-state index in [2.05, 4.69) is 13.2 Å². The maximum absolute atomic E-state index is 14.2. The molecule has 3 fully saturated rings. The summed E-state index contributed by atoms with van der Waals surface area (Å²) in [4.78, 5) is 44.9. The van der Waals surface area contributed by atoms with Crippen LogP contribution in [0, 0.1) is 17.8 Å². The van der Waals surface area contributed by atoms with Gasteiger partial charge in [0.1, 0.15) is 24.2 Å². The molecule has 0 aromatic carbocycles. The fourth-order valence-electron chi connectivity index (χ4n) is 6.39. The molecule has 3 aliphatic heterocycles. The number of amides is 2. The Morgan fingerprint density at radius 3 is 2.51 bits per heavy atom. The topological polar surface area (TPSA) is 96.4 Å². The van der Waals surface area contributed by atoms with Crippen LogP contribution >= 0.6 is 0 Å². The van der Waals surface area contributed by atoms with Crippen LogP contribution in [-0.2, 0) is 23.9 Å². The smallest absolute Gasteiger partial charge is 0.313 e. The van der Waals surface area contributed by atoms with Crippen LogP contribution in [0.2, 0.25) is 0 Å². The summed E-state index contributed by atoms with van der Waals surface area (Å²) in [7, 11) is 0. The number of unbranched alkanes of at least 4 members (excludes halogenated alkanes) is 2. The molecule has 0 radical (unpaired) electrons. The minimum atomic E-state index is -1.10. The standard InChI is InChI=1S/C27H42N2O6/c1-8-13-29(25(4,5)6)23(32)21-27-17-18(3)26(7,35-27)20(24(33)34-16-9-2)19(27)22(31)28(21)14-11-10-12-15-30/h8-9,18-21,30H,1-2,10-17H2,3-7H3/t18?,19-,20-,21?,26+,27?/m0/s1. The van der Waals surface area contributed by atoms with Crippen molar-refractivity contribution in [3.05, 3.63) is 25.3 Å². The number of ether oxygens (including phenoxy) is 2. The molecule has 196 valence electrons. The number of fused-ring (bicyclic) bond motifs is 1. The Labute approximate surface area is 209 Å². The van der Waals surface area contributed by atoms with Crippen LogP contribution in [0.3, 0.4) is 0 Å². The lowest BCUT2D eigenvalue weighted by Crippen LogP contribution is -2.60. The summed E-state index contributed by atoms with van der Waals surface area (Å²) >= 11 is 0. The van der Waals surface area contributed by atoms with E-state index >= 15 is 0 Å². The van der Waals surface area contributed by atoms with E-state index in [-0.39, 0.29) is 30.9 Å². The van der Waals surface area contributed by atoms with Crippen molar-refractivity contribution < 1.29 is 29.0 Å². The number of esters is 1. The second-order valence-corrected chi connectivity index (χ2v) is 11.3. The Kier molecular flexibility index (Phi) is 7.87. The van der Waals surface area contributed by atoms with Gasteiger partial charge in [0.25, 0.3) is 0 Å². The van der Waals surface area contributed by atoms with Gasteiger partial charge >= 0.3 is 5.97 Å². The van der Waals surface area contributed by atoms with Crippen molar-refractivity contribution in [3.63, 3.8) is 0 Å². The molecule has 8 heteroatoms. The zero-order chi connectivity index (χ0) is 26.2. The van der Waals surface area contributed by atoms with Crippen molar-refractivity contribution in [2.75, 3.05) is 26.3 Å². The summed E-state index contributed by atoms with van der Waals surface area (Å²) in [6, 6.07) is -0.838. The number of aliphatic hydroxyl groups is 1. The molecule has 0 saturated carbocycles. The first-order valence-electron chi connectivity index (χ1n) is 12.7. The molecule has 3 saturated heterocycles. The molecule has 2 amide bonds. The second kappa shape index (κ2) is 10.1. The SMILES string of the molecule is C=CCOC(=O)[C@@H]1[C@H]2C(=O)N(CCCCCO)C(C(=O)N(CC=C)C(C)(C)C)C23CC(C)[C@@]1(C)O3. The van der Waals surface area contributed by atoms with Gasteiger partial charge in [0.15, 0.2) is 0 Å². The molecule has 35 heavy (non-hydrogen) atoms. The molecule has 0 aromatic heterocycles. The van der Waals surface area contributed by atoms with Crippen molar-refractivity contribution in [3.8, 4) is 0 Å². The number of likely N-dealkylation sites (tertiary alicyclic amines) is 1. The van der Waals surface area contributed by atoms with Crippen molar-refractivity contribution >= 4 is 17.8 Å². The highest BCUT2D eigenvalue weighted by Gasteiger charge is 2.80. The van der Waals surface area contributed by atoms with Gasteiger partial charge in [0.05, 0.1) is 11.5 Å². The summed E-state index contributed by atoms with van der Waals surface area (Å²) < 4.78 is 12.1. The molecule has 1 N–H and O–H groups in total. The molecule has 3 rings (SSSR count). The third kappa shape index (κ3) is 4.44. The number of hydrogen-bond donors (Lipinski definition) is 1. The van der Waals surface area contributed by atoms with Crippen LogP contribution in [0.4, 0.5) is 0 Å². The zero-order valence-electron chi connectivity index (χ0n) is 21.9. The van der Waals surface area contributed by atoms with Crippen LogP contribution in [0.1, 0.15) is 60.3 Å². The average molecular weight is 491 g/mol. The van der Waals surface area contributed by atoms with Gasteiger partial charge in [-0.2, -0.15) is 0 Å². The lowest BCUT2D eigenvalue weighted by Gasteiger charge is -2.42. The fraction of sp³-hybridized carbons (Fsp3) is 0.741. The Bertz CT molecular complexity index is 866. The summed E-state index contributed by atoms with van der Waals surface area (Å²) in [6.07, 6.45) is 5.71. The van der Waals surface area contributed by atoms with Gasteiger partial charge in [-0.05, 0) is 59.3 Å². The van der Waals surface area contributed by atoms with E-state index in [1.807, 2.05) is 34.6 Å². The molecule has 0 aliphatic carbocycles. The highest BCUT2D eigenvalue weighted by atomic mass is 16.6. The van der Waals surface area contributed by atoms with E-state index in [1.165, 1.54) is 6.08 Å². The summed E-state index contributed by atoms with van der Waals surface area (Å²) in [6.45, 7) is 18.0. The number of aliphatic hydroxyl groups excluding tert-OH is 1. The van der Waals surface area contributed by atoms with Crippen molar-refractivity contribution in [2.45, 2.75) is 83.1 Å². The molecular weight excluding hydrogens is 448 g/mol. The Hall–Kier alpha value is -2.19. The molecule has 3 unspecified atom stereocenters. The lowest BCUT2D eigenvalue weighted by molar-refractivity contribution is -0.162. The maximum Gasteiger partial charge on any atom is 0.313 e. The molecule has 0 aromatic rings. The van der Waals surface area contributed by atoms with Gasteiger partial charge in [-0.15, -0.1) is 6.58 Å². The van der Waals surface area contributed by atoms with E-state index in [0.717, 1.165) is 6.42 Å². The normalized spacial score (nSPS) is 33.5. The van der Waals surface area contributed by atoms with Gasteiger partial charge in [-0.3, -0.25) is 14.4 Å². The van der Waals surface area contributed by atoms with Gasteiger partial charge in [-0.25, -0.2) is 0 Å². The Morgan fingerprint density at radius 1 is 1.26 bits per heavy atom. The van der Waals surface area contributed by atoms with E-state index in [4.69, 9.17) is 9.47 Å². The fourth-order valence-corrected chi connectivity index (χ4v) is 6.39. The summed E-state index contributed by atoms with van der Waals surface area (Å²) in [5.74, 6) is -2.51. The third-order valence-electron chi connectivity index (χ3n) is 8.09. The number of hydrogen-bond acceptors (Lipinski definition) is 6. The molecular formula is C27H42N2O6. The van der Waals surface area contributed by atoms with Crippen LogP contribution < -0.4 is 0 Å². The summed E-state index contributed by atoms with van der Waals surface area (Å²) in [5, 5.41) is 9.18. The molecule has 8 nitrogen and oxygen atoms in total. The molecule has 3 heterocycles. The molecule has 3 aliphatic rings. The van der Waals surface area contributed by atoms with Crippen LogP contribution in [0.5, 0.6) is 0 Å². The first kappa shape index (κ1) is 27.4. The minimum absolute atomic E-state index is 0.0417. The lowest BCUT2D eigenvalue weighted by atomic mass is 9.62. The second-order valence-electron chi connectivity index (χ2n) is 11.3. The number of carbonyl (C=O) groups excluding carboxylic acids is 3. The monoisotopic (exact) mass is 490 g/mol. The van der Waals surface area contributed by atoms with Crippen molar-refractivity contribution in [1.29, 1.82) is 0 Å². The van der Waals surface area contributed by atoms with Gasteiger partial charge in [0.2, 0.25) is 11.8 Å². The molecule has 1 spiro atoms. The van der Waals surface area contributed by atoms with Gasteiger partial charge in [-0.1, -0.05) is 25.7 Å². The highest BCUT2D eigenvalue weighted by Crippen LogP contribution is 2.65. The Balaban J connectivity index is 2.08. The van der Waals surface area contributed by atoms with Crippen LogP contribution in [0.15, 0.2) is 25.3 Å². The van der Waals surface area contributed by atoms with Crippen LogP contribution in [0.25, 0.3) is 0 Å². The third-order valence-corrected chi connectivity index (χ3v) is 8.09. The van der Waals surface area contributed by atoms with Gasteiger partial charge in [0, 0.05) is 25.2 Å². The highest BCUT2D eigenvalue weighted by molar-refractivity contribution is 5.98. The van der Waals surface area contributed by atoms with Crippen molar-refractivity contribution in [2.24, 2.45) is 17.8 Å². The Morgan fingerprint density at radius 2 is 1.94 bits per heavy atom. The van der Waals surface area contributed by atoms with E-state index in [9.17, 15) is 19.5 Å². The average Bonchev–Trinajstić information content (AvgIpc) is 3.29. The quantitative estimate of drug-likeness (QED) is 0.272. The first-order chi connectivity index (χ1) is 16.4. The molecule has 2 bridgehead atoms. The summed E-state index contributed by atoms with van der Waals surface area (Å²) in [5.41, 5.74) is -2.49. The number of nitrogens with zero attached hydrogens (tertiary/aromatic N) is 2. The van der Waals surface area contributed by atoms with E-state index in [1.54, 1.807) is 15.9 Å². The largest absolute Gasteiger partial charge is 0.461 e. The zero-order valence-corrected chi connectivity index (χ0v) is 21.9. The van der Waals surface area contributed by atoms with Crippen molar-refractivity contribution in [1.82, 2.24) is 9.80 Å². The minimum Gasteiger partial charge on any atom is -0.461 e. The number of rotatable bonds is 11. The van der Waals surface area contributed by atoms with Gasteiger partial charge < -0.3 is 24.4 Å². The predicted octanol–water partition coefficient (Wildman–Crippen LogP) is 2.70. The predicted molar refractivity (Wildman–Crippen MR) is 132 cm³/mol. The van der Waals surface area contributed by atoms with E-state index < -0.39 is 40.6 Å². The number of carbonyl (C=O) groups is 3. The molecule has 6 atom stereocenters.